The lowest BCUT2D eigenvalue weighted by atomic mass is 10.2. The molecule has 1 aliphatic carbocycles. The highest BCUT2D eigenvalue weighted by atomic mass is 16.5. The number of fused-ring (bicyclic) bond motifs is 1. The Labute approximate surface area is 82.8 Å². The summed E-state index contributed by atoms with van der Waals surface area (Å²) in [5.74, 6) is -0.269. The summed E-state index contributed by atoms with van der Waals surface area (Å²) in [4.78, 5) is 14.5. The third-order valence-corrected chi connectivity index (χ3v) is 2.42. The van der Waals surface area contributed by atoms with Gasteiger partial charge in [0.1, 0.15) is 5.69 Å². The first-order valence-corrected chi connectivity index (χ1v) is 4.78. The Hall–Kier alpha value is -1.51. The number of carbonyl (C=O) groups excluding carboxylic acids is 1. The fourth-order valence-electron chi connectivity index (χ4n) is 1.69. The van der Waals surface area contributed by atoms with Crippen molar-refractivity contribution < 1.29 is 9.53 Å². The molecule has 3 heteroatoms. The molecular formula is C11H13NO2. The van der Waals surface area contributed by atoms with Gasteiger partial charge in [0, 0.05) is 5.69 Å². The molecule has 0 bridgehead atoms. The summed E-state index contributed by atoms with van der Waals surface area (Å²) < 4.78 is 4.91. The second-order valence-corrected chi connectivity index (χ2v) is 3.39. The minimum Gasteiger partial charge on any atom is -0.461 e. The van der Waals surface area contributed by atoms with Crippen LogP contribution < -0.4 is 0 Å². The summed E-state index contributed by atoms with van der Waals surface area (Å²) in [6.45, 7) is 4.26. The van der Waals surface area contributed by atoms with Crippen LogP contribution in [0, 0.1) is 0 Å². The lowest BCUT2D eigenvalue weighted by Crippen LogP contribution is -2.04. The van der Waals surface area contributed by atoms with E-state index in [-0.39, 0.29) is 5.97 Å². The Kier molecular flexibility index (Phi) is 2.15. The maximum atomic E-state index is 11.4. The van der Waals surface area contributed by atoms with Crippen molar-refractivity contribution in [3.63, 3.8) is 0 Å². The molecule has 0 aromatic carbocycles. The second-order valence-electron chi connectivity index (χ2n) is 3.39. The molecule has 1 aromatic heterocycles. The van der Waals surface area contributed by atoms with Gasteiger partial charge in [-0.3, -0.25) is 0 Å². The predicted octanol–water partition coefficient (Wildman–Crippen LogP) is 2.15. The van der Waals surface area contributed by atoms with Crippen LogP contribution in [0.5, 0.6) is 0 Å². The van der Waals surface area contributed by atoms with Crippen molar-refractivity contribution in [2.24, 2.45) is 0 Å². The molecule has 0 amide bonds. The summed E-state index contributed by atoms with van der Waals surface area (Å²) in [7, 11) is 0. The summed E-state index contributed by atoms with van der Waals surface area (Å²) in [5, 5.41) is 0. The van der Waals surface area contributed by atoms with Crippen LogP contribution >= 0.6 is 0 Å². The molecular weight excluding hydrogens is 178 g/mol. The standard InChI is InChI=1S/C11H13NO2/c1-3-14-11(13)9-6-8-5-4-7(2)10(8)12-9/h4,6,12H,3,5H2,1-2H3. The van der Waals surface area contributed by atoms with Crippen LogP contribution in [-0.2, 0) is 11.2 Å². The topological polar surface area (TPSA) is 42.1 Å². The van der Waals surface area contributed by atoms with Gasteiger partial charge in [-0.1, -0.05) is 6.08 Å². The van der Waals surface area contributed by atoms with Crippen LogP contribution in [0.4, 0.5) is 0 Å². The minimum absolute atomic E-state index is 0.269. The van der Waals surface area contributed by atoms with E-state index in [1.165, 1.54) is 11.1 Å². The second kappa shape index (κ2) is 3.33. The number of hydrogen-bond donors (Lipinski definition) is 1. The van der Waals surface area contributed by atoms with E-state index in [1.807, 2.05) is 13.0 Å². The Balaban J connectivity index is 2.27. The zero-order valence-electron chi connectivity index (χ0n) is 8.39. The van der Waals surface area contributed by atoms with E-state index in [2.05, 4.69) is 11.1 Å². The first kappa shape index (κ1) is 9.06. The molecule has 0 atom stereocenters. The van der Waals surface area contributed by atoms with Gasteiger partial charge in [0.05, 0.1) is 6.61 Å². The molecule has 0 spiro atoms. The van der Waals surface area contributed by atoms with Gasteiger partial charge < -0.3 is 9.72 Å². The third-order valence-electron chi connectivity index (χ3n) is 2.42. The van der Waals surface area contributed by atoms with E-state index in [0.29, 0.717) is 12.3 Å². The SMILES string of the molecule is CCOC(=O)c1cc2c([nH]1)C(C)=CC2. The van der Waals surface area contributed by atoms with Gasteiger partial charge in [-0.25, -0.2) is 4.79 Å². The van der Waals surface area contributed by atoms with Crippen LogP contribution in [0.3, 0.4) is 0 Å². The molecule has 3 nitrogen and oxygen atoms in total. The van der Waals surface area contributed by atoms with Crippen molar-refractivity contribution in [2.75, 3.05) is 6.61 Å². The molecule has 0 unspecified atom stereocenters. The number of rotatable bonds is 2. The van der Waals surface area contributed by atoms with Crippen molar-refractivity contribution in [3.05, 3.63) is 29.1 Å². The highest BCUT2D eigenvalue weighted by Crippen LogP contribution is 2.26. The maximum Gasteiger partial charge on any atom is 0.354 e. The predicted molar refractivity (Wildman–Crippen MR) is 54.1 cm³/mol. The average molecular weight is 191 g/mol. The van der Waals surface area contributed by atoms with Crippen molar-refractivity contribution in [2.45, 2.75) is 20.3 Å². The zero-order chi connectivity index (χ0) is 10.1. The van der Waals surface area contributed by atoms with E-state index < -0.39 is 0 Å². The summed E-state index contributed by atoms with van der Waals surface area (Å²) in [6, 6.07) is 1.88. The number of nitrogens with one attached hydrogen (secondary N) is 1. The quantitative estimate of drug-likeness (QED) is 0.728. The number of carbonyl (C=O) groups is 1. The molecule has 74 valence electrons. The van der Waals surface area contributed by atoms with Crippen LogP contribution in [0.15, 0.2) is 12.1 Å². The Bertz CT molecular complexity index is 401. The Morgan fingerprint density at radius 3 is 3.07 bits per heavy atom. The number of esters is 1. The minimum atomic E-state index is -0.269. The highest BCUT2D eigenvalue weighted by Gasteiger charge is 2.17. The Morgan fingerprint density at radius 1 is 1.64 bits per heavy atom. The van der Waals surface area contributed by atoms with Crippen LogP contribution in [0.1, 0.15) is 35.6 Å². The molecule has 14 heavy (non-hydrogen) atoms. The van der Waals surface area contributed by atoms with Crippen molar-refractivity contribution in [1.82, 2.24) is 4.98 Å². The largest absolute Gasteiger partial charge is 0.461 e. The van der Waals surface area contributed by atoms with Crippen LogP contribution in [0.25, 0.3) is 5.57 Å². The van der Waals surface area contributed by atoms with Gasteiger partial charge in [0.25, 0.3) is 0 Å². The Morgan fingerprint density at radius 2 is 2.43 bits per heavy atom. The van der Waals surface area contributed by atoms with Gasteiger partial charge in [-0.15, -0.1) is 0 Å². The number of allylic oxidation sites excluding steroid dienone is 2. The van der Waals surface area contributed by atoms with Gasteiger partial charge in [0.15, 0.2) is 0 Å². The molecule has 0 radical (unpaired) electrons. The first-order chi connectivity index (χ1) is 6.72. The van der Waals surface area contributed by atoms with Gasteiger partial charge >= 0.3 is 5.97 Å². The fourth-order valence-corrected chi connectivity index (χ4v) is 1.69. The summed E-state index contributed by atoms with van der Waals surface area (Å²) in [6.07, 6.45) is 3.06. The van der Waals surface area contributed by atoms with E-state index in [4.69, 9.17) is 4.74 Å². The van der Waals surface area contributed by atoms with E-state index in [0.717, 1.165) is 12.1 Å². The average Bonchev–Trinajstić information content (AvgIpc) is 2.69. The molecule has 0 saturated heterocycles. The molecule has 0 aliphatic heterocycles. The summed E-state index contributed by atoms with van der Waals surface area (Å²) in [5.41, 5.74) is 4.03. The lowest BCUT2D eigenvalue weighted by molar-refractivity contribution is 0.0520. The van der Waals surface area contributed by atoms with Crippen LogP contribution in [-0.4, -0.2) is 17.6 Å². The van der Waals surface area contributed by atoms with Crippen molar-refractivity contribution >= 4 is 11.5 Å². The molecule has 1 heterocycles. The molecule has 0 saturated carbocycles. The molecule has 0 fully saturated rings. The van der Waals surface area contributed by atoms with Gasteiger partial charge in [-0.2, -0.15) is 0 Å². The molecule has 2 rings (SSSR count). The summed E-state index contributed by atoms with van der Waals surface area (Å²) >= 11 is 0. The first-order valence-electron chi connectivity index (χ1n) is 4.78. The van der Waals surface area contributed by atoms with Crippen LogP contribution in [0.2, 0.25) is 0 Å². The van der Waals surface area contributed by atoms with E-state index in [1.54, 1.807) is 6.92 Å². The highest BCUT2D eigenvalue weighted by molar-refractivity contribution is 5.89. The van der Waals surface area contributed by atoms with Gasteiger partial charge in [-0.05, 0) is 37.5 Å². The number of H-pyrrole nitrogens is 1. The fraction of sp³-hybridized carbons (Fsp3) is 0.364. The molecule has 1 N–H and O–H groups in total. The van der Waals surface area contributed by atoms with E-state index >= 15 is 0 Å². The lowest BCUT2D eigenvalue weighted by Gasteiger charge is -1.98. The number of aromatic nitrogens is 1. The number of ether oxygens (including phenoxy) is 1. The van der Waals surface area contributed by atoms with Crippen molar-refractivity contribution in [3.8, 4) is 0 Å². The van der Waals surface area contributed by atoms with Crippen molar-refractivity contribution in [1.29, 1.82) is 0 Å². The maximum absolute atomic E-state index is 11.4. The smallest absolute Gasteiger partial charge is 0.354 e. The molecule has 1 aliphatic rings. The zero-order valence-corrected chi connectivity index (χ0v) is 8.39. The monoisotopic (exact) mass is 191 g/mol. The van der Waals surface area contributed by atoms with Gasteiger partial charge in [0.2, 0.25) is 0 Å². The number of hydrogen-bond acceptors (Lipinski definition) is 2. The number of aromatic amines is 1. The molecule has 1 aromatic rings. The normalized spacial score (nSPS) is 13.7. The third kappa shape index (κ3) is 1.35. The van der Waals surface area contributed by atoms with E-state index in [9.17, 15) is 4.79 Å².